The van der Waals surface area contributed by atoms with Crippen LogP contribution < -0.4 is 5.32 Å². The Hall–Kier alpha value is -1.95. The van der Waals surface area contributed by atoms with E-state index in [4.69, 9.17) is 0 Å². The van der Waals surface area contributed by atoms with E-state index in [1.165, 1.54) is 6.07 Å². The molecule has 0 radical (unpaired) electrons. The van der Waals surface area contributed by atoms with E-state index in [1.807, 2.05) is 4.90 Å². The van der Waals surface area contributed by atoms with Crippen molar-refractivity contribution >= 4 is 11.8 Å². The van der Waals surface area contributed by atoms with Crippen LogP contribution in [0.4, 0.5) is 4.39 Å². The molecule has 24 heavy (non-hydrogen) atoms. The van der Waals surface area contributed by atoms with Crippen LogP contribution in [-0.2, 0) is 16.0 Å². The lowest BCUT2D eigenvalue weighted by atomic mass is 10.1. The van der Waals surface area contributed by atoms with Crippen molar-refractivity contribution in [3.05, 3.63) is 35.6 Å². The topological polar surface area (TPSA) is 52.6 Å². The molecule has 0 aromatic heterocycles. The standard InChI is InChI=1S/C18H26FN3O2/c1-2-21-11-13-22(14-12-21)18(24)9-10-20-17(23)8-7-15-5-3-4-6-16(15)19/h3-6H,2,7-14H2,1H3,(H,20,23). The second kappa shape index (κ2) is 9.37. The van der Waals surface area contributed by atoms with Crippen LogP contribution in [0.2, 0.25) is 0 Å². The van der Waals surface area contributed by atoms with Crippen LogP contribution in [0.5, 0.6) is 0 Å². The Balaban J connectivity index is 1.62. The van der Waals surface area contributed by atoms with Crippen LogP contribution >= 0.6 is 0 Å². The number of piperazine rings is 1. The smallest absolute Gasteiger partial charge is 0.224 e. The number of nitrogens with zero attached hydrogens (tertiary/aromatic N) is 2. The van der Waals surface area contributed by atoms with Crippen molar-refractivity contribution in [2.45, 2.75) is 26.2 Å². The number of hydrogen-bond acceptors (Lipinski definition) is 3. The largest absolute Gasteiger partial charge is 0.356 e. The van der Waals surface area contributed by atoms with Crippen molar-refractivity contribution in [1.82, 2.24) is 15.1 Å². The molecule has 1 aromatic carbocycles. The summed E-state index contributed by atoms with van der Waals surface area (Å²) < 4.78 is 13.5. The third-order valence-electron chi connectivity index (χ3n) is 4.41. The minimum Gasteiger partial charge on any atom is -0.356 e. The molecule has 132 valence electrons. The number of likely N-dealkylation sites (N-methyl/N-ethyl adjacent to an activating group) is 1. The summed E-state index contributed by atoms with van der Waals surface area (Å²) in [4.78, 5) is 28.1. The zero-order valence-corrected chi connectivity index (χ0v) is 14.3. The molecule has 1 aliphatic heterocycles. The lowest BCUT2D eigenvalue weighted by Gasteiger charge is -2.34. The first kappa shape index (κ1) is 18.4. The van der Waals surface area contributed by atoms with Crippen LogP contribution in [0, 0.1) is 5.82 Å². The van der Waals surface area contributed by atoms with Gasteiger partial charge in [0.1, 0.15) is 5.82 Å². The normalized spacial score (nSPS) is 15.3. The Morgan fingerprint density at radius 3 is 2.50 bits per heavy atom. The third-order valence-corrected chi connectivity index (χ3v) is 4.41. The molecule has 2 rings (SSSR count). The second-order valence-corrected chi connectivity index (χ2v) is 6.01. The van der Waals surface area contributed by atoms with E-state index in [2.05, 4.69) is 17.1 Å². The number of halogens is 1. The summed E-state index contributed by atoms with van der Waals surface area (Å²) in [5.41, 5.74) is 0.539. The van der Waals surface area contributed by atoms with Gasteiger partial charge < -0.3 is 15.1 Å². The van der Waals surface area contributed by atoms with Crippen molar-refractivity contribution in [2.75, 3.05) is 39.3 Å². The molecule has 0 saturated carbocycles. The highest BCUT2D eigenvalue weighted by molar-refractivity contribution is 5.79. The molecular weight excluding hydrogens is 309 g/mol. The van der Waals surface area contributed by atoms with Gasteiger partial charge in [-0.1, -0.05) is 25.1 Å². The zero-order valence-electron chi connectivity index (χ0n) is 14.3. The molecule has 0 spiro atoms. The van der Waals surface area contributed by atoms with Crippen molar-refractivity contribution in [3.63, 3.8) is 0 Å². The summed E-state index contributed by atoms with van der Waals surface area (Å²) in [6.45, 7) is 6.81. The van der Waals surface area contributed by atoms with E-state index >= 15 is 0 Å². The molecule has 1 fully saturated rings. The van der Waals surface area contributed by atoms with Crippen LogP contribution in [-0.4, -0.2) is 60.9 Å². The average molecular weight is 335 g/mol. The maximum Gasteiger partial charge on any atom is 0.224 e. The average Bonchev–Trinajstić information content (AvgIpc) is 2.61. The minimum atomic E-state index is -0.285. The van der Waals surface area contributed by atoms with Gasteiger partial charge in [-0.2, -0.15) is 0 Å². The van der Waals surface area contributed by atoms with E-state index < -0.39 is 0 Å². The zero-order chi connectivity index (χ0) is 17.4. The number of rotatable bonds is 7. The van der Waals surface area contributed by atoms with Crippen molar-refractivity contribution < 1.29 is 14.0 Å². The van der Waals surface area contributed by atoms with E-state index in [0.29, 0.717) is 24.9 Å². The summed E-state index contributed by atoms with van der Waals surface area (Å²) in [6.07, 6.45) is 0.910. The van der Waals surface area contributed by atoms with Crippen LogP contribution in [0.25, 0.3) is 0 Å². The number of aryl methyl sites for hydroxylation is 1. The Morgan fingerprint density at radius 1 is 1.12 bits per heavy atom. The number of amides is 2. The first-order chi connectivity index (χ1) is 11.6. The highest BCUT2D eigenvalue weighted by Gasteiger charge is 2.19. The molecule has 5 nitrogen and oxygen atoms in total. The maximum absolute atomic E-state index is 13.5. The molecular formula is C18H26FN3O2. The fourth-order valence-corrected chi connectivity index (χ4v) is 2.82. The molecule has 6 heteroatoms. The summed E-state index contributed by atoms with van der Waals surface area (Å²) >= 11 is 0. The van der Waals surface area contributed by atoms with Crippen LogP contribution in [0.3, 0.4) is 0 Å². The van der Waals surface area contributed by atoms with Gasteiger partial charge in [0.15, 0.2) is 0 Å². The maximum atomic E-state index is 13.5. The summed E-state index contributed by atoms with van der Waals surface area (Å²) in [7, 11) is 0. The molecule has 1 N–H and O–H groups in total. The molecule has 0 bridgehead atoms. The first-order valence-electron chi connectivity index (χ1n) is 8.60. The number of hydrogen-bond donors (Lipinski definition) is 1. The third kappa shape index (κ3) is 5.60. The highest BCUT2D eigenvalue weighted by Crippen LogP contribution is 2.08. The van der Waals surface area contributed by atoms with Crippen LogP contribution in [0.15, 0.2) is 24.3 Å². The van der Waals surface area contributed by atoms with Gasteiger partial charge in [-0.25, -0.2) is 4.39 Å². The number of nitrogens with one attached hydrogen (secondary N) is 1. The fraction of sp³-hybridized carbons (Fsp3) is 0.556. The van der Waals surface area contributed by atoms with Gasteiger partial charge in [-0.15, -0.1) is 0 Å². The van der Waals surface area contributed by atoms with Gasteiger partial charge >= 0.3 is 0 Å². The van der Waals surface area contributed by atoms with Gasteiger partial charge in [0.05, 0.1) is 0 Å². The Kier molecular flexibility index (Phi) is 7.18. The van der Waals surface area contributed by atoms with Gasteiger partial charge in [-0.3, -0.25) is 9.59 Å². The molecule has 0 aliphatic carbocycles. The van der Waals surface area contributed by atoms with E-state index in [0.717, 1.165) is 32.7 Å². The number of carbonyl (C=O) groups excluding carboxylic acids is 2. The summed E-state index contributed by atoms with van der Waals surface area (Å²) in [6, 6.07) is 6.46. The van der Waals surface area contributed by atoms with Crippen molar-refractivity contribution in [2.24, 2.45) is 0 Å². The van der Waals surface area contributed by atoms with Gasteiger partial charge in [-0.05, 0) is 24.6 Å². The summed E-state index contributed by atoms with van der Waals surface area (Å²) in [5.74, 6) is -0.353. The molecule has 0 atom stereocenters. The second-order valence-electron chi connectivity index (χ2n) is 6.01. The van der Waals surface area contributed by atoms with E-state index in [1.54, 1.807) is 18.2 Å². The predicted octanol–water partition coefficient (Wildman–Crippen LogP) is 1.43. The lowest BCUT2D eigenvalue weighted by molar-refractivity contribution is -0.132. The molecule has 1 saturated heterocycles. The first-order valence-corrected chi connectivity index (χ1v) is 8.60. The summed E-state index contributed by atoms with van der Waals surface area (Å²) in [5, 5.41) is 2.74. The highest BCUT2D eigenvalue weighted by atomic mass is 19.1. The Morgan fingerprint density at radius 2 is 1.83 bits per heavy atom. The lowest BCUT2D eigenvalue weighted by Crippen LogP contribution is -2.49. The van der Waals surface area contributed by atoms with Crippen molar-refractivity contribution in [1.29, 1.82) is 0 Å². The van der Waals surface area contributed by atoms with Gasteiger partial charge in [0, 0.05) is 45.6 Å². The minimum absolute atomic E-state index is 0.0835. The number of carbonyl (C=O) groups is 2. The molecule has 1 aliphatic rings. The van der Waals surface area contributed by atoms with Gasteiger partial charge in [0.25, 0.3) is 0 Å². The molecule has 1 heterocycles. The quantitative estimate of drug-likeness (QED) is 0.820. The monoisotopic (exact) mass is 335 g/mol. The molecule has 0 unspecified atom stereocenters. The van der Waals surface area contributed by atoms with Crippen LogP contribution in [0.1, 0.15) is 25.3 Å². The Bertz CT molecular complexity index is 557. The number of benzene rings is 1. The molecule has 2 amide bonds. The Labute approximate surface area is 142 Å². The van der Waals surface area contributed by atoms with E-state index in [9.17, 15) is 14.0 Å². The predicted molar refractivity (Wildman–Crippen MR) is 91.0 cm³/mol. The van der Waals surface area contributed by atoms with Gasteiger partial charge in [0.2, 0.25) is 11.8 Å². The SMILES string of the molecule is CCN1CCN(C(=O)CCNC(=O)CCc2ccccc2F)CC1. The van der Waals surface area contributed by atoms with E-state index in [-0.39, 0.29) is 24.1 Å². The van der Waals surface area contributed by atoms with Crippen molar-refractivity contribution in [3.8, 4) is 0 Å². The molecule has 1 aromatic rings. The fourth-order valence-electron chi connectivity index (χ4n) is 2.82.